The molecule has 112 valence electrons. The van der Waals surface area contributed by atoms with Crippen LogP contribution < -0.4 is 16.6 Å². The van der Waals surface area contributed by atoms with Crippen LogP contribution in [-0.4, -0.2) is 17.1 Å². The molecule has 1 aromatic heterocycles. The number of hydrogen-bond acceptors (Lipinski definition) is 6. The molecule has 0 amide bonds. The maximum Gasteiger partial charge on any atom is 0.158 e. The molecule has 0 unspecified atom stereocenters. The minimum atomic E-state index is 0.330. The number of ether oxygens (including phenoxy) is 1. The average molecular weight is 287 g/mol. The van der Waals surface area contributed by atoms with Gasteiger partial charge in [0.05, 0.1) is 0 Å². The Morgan fingerprint density at radius 1 is 1.19 bits per heavy atom. The molecule has 0 fully saturated rings. The van der Waals surface area contributed by atoms with Gasteiger partial charge in [-0.3, -0.25) is 0 Å². The number of benzene rings is 1. The first kappa shape index (κ1) is 15.2. The third-order valence-electron chi connectivity index (χ3n) is 3.02. The number of hydrazine groups is 1. The van der Waals surface area contributed by atoms with Crippen LogP contribution in [0, 0.1) is 0 Å². The van der Waals surface area contributed by atoms with E-state index in [1.165, 1.54) is 5.56 Å². The fourth-order valence-corrected chi connectivity index (χ4v) is 1.95. The van der Waals surface area contributed by atoms with Crippen molar-refractivity contribution in [2.75, 3.05) is 17.9 Å². The van der Waals surface area contributed by atoms with Gasteiger partial charge in [-0.25, -0.2) is 15.8 Å². The zero-order chi connectivity index (χ0) is 15.2. The van der Waals surface area contributed by atoms with E-state index in [2.05, 4.69) is 46.7 Å². The Balaban J connectivity index is 2.25. The van der Waals surface area contributed by atoms with Crippen molar-refractivity contribution in [3.05, 3.63) is 41.7 Å². The van der Waals surface area contributed by atoms with E-state index < -0.39 is 0 Å². The second-order valence-corrected chi connectivity index (χ2v) is 5.04. The molecule has 1 heterocycles. The largest absolute Gasteiger partial charge is 0.377 e. The lowest BCUT2D eigenvalue weighted by Gasteiger charge is -2.11. The molecular formula is C15H21N5O. The Morgan fingerprint density at radius 3 is 2.62 bits per heavy atom. The molecule has 6 nitrogen and oxygen atoms in total. The summed E-state index contributed by atoms with van der Waals surface area (Å²) in [5.74, 6) is 7.69. The molecule has 0 aliphatic heterocycles. The topological polar surface area (TPSA) is 85.1 Å². The van der Waals surface area contributed by atoms with Crippen LogP contribution in [0.5, 0.6) is 0 Å². The van der Waals surface area contributed by atoms with Crippen LogP contribution in [0.25, 0.3) is 0 Å². The van der Waals surface area contributed by atoms with E-state index in [1.807, 2.05) is 12.1 Å². The van der Waals surface area contributed by atoms with E-state index in [1.54, 1.807) is 13.2 Å². The summed E-state index contributed by atoms with van der Waals surface area (Å²) in [7, 11) is 1.60. The van der Waals surface area contributed by atoms with Crippen LogP contribution >= 0.6 is 0 Å². The fraction of sp³-hybridized carbons (Fsp3) is 0.333. The van der Waals surface area contributed by atoms with Gasteiger partial charge >= 0.3 is 0 Å². The molecule has 4 N–H and O–H groups in total. The van der Waals surface area contributed by atoms with E-state index in [-0.39, 0.29) is 0 Å². The van der Waals surface area contributed by atoms with Gasteiger partial charge < -0.3 is 15.5 Å². The first-order chi connectivity index (χ1) is 10.1. The van der Waals surface area contributed by atoms with Crippen molar-refractivity contribution in [3.63, 3.8) is 0 Å². The highest BCUT2D eigenvalue weighted by Gasteiger charge is 2.06. The minimum absolute atomic E-state index is 0.330. The Hall–Kier alpha value is -2.18. The number of nitrogens with two attached hydrogens (primary N) is 1. The molecule has 0 bridgehead atoms. The van der Waals surface area contributed by atoms with E-state index >= 15 is 0 Å². The van der Waals surface area contributed by atoms with E-state index in [0.29, 0.717) is 30.0 Å². The highest BCUT2D eigenvalue weighted by molar-refractivity contribution is 5.60. The van der Waals surface area contributed by atoms with Gasteiger partial charge in [-0.05, 0) is 23.6 Å². The summed E-state index contributed by atoms with van der Waals surface area (Å²) < 4.78 is 5.06. The third-order valence-corrected chi connectivity index (χ3v) is 3.02. The summed E-state index contributed by atoms with van der Waals surface area (Å²) >= 11 is 0. The van der Waals surface area contributed by atoms with Crippen molar-refractivity contribution >= 4 is 17.3 Å². The van der Waals surface area contributed by atoms with Gasteiger partial charge in [0.25, 0.3) is 0 Å². The zero-order valence-electron chi connectivity index (χ0n) is 12.6. The van der Waals surface area contributed by atoms with Crippen molar-refractivity contribution in [2.24, 2.45) is 5.84 Å². The Labute approximate surface area is 124 Å². The molecule has 0 radical (unpaired) electrons. The minimum Gasteiger partial charge on any atom is -0.377 e. The Kier molecular flexibility index (Phi) is 5.08. The molecule has 0 saturated heterocycles. The maximum atomic E-state index is 5.43. The molecule has 2 aromatic rings. The summed E-state index contributed by atoms with van der Waals surface area (Å²) in [6.07, 6.45) is 0. The Morgan fingerprint density at radius 2 is 1.95 bits per heavy atom. The molecule has 2 rings (SSSR count). The SMILES string of the molecule is COCc1nc(NN)cc(Nc2cccc(C(C)C)c2)n1. The van der Waals surface area contributed by atoms with E-state index in [9.17, 15) is 0 Å². The fourth-order valence-electron chi connectivity index (χ4n) is 1.95. The molecule has 1 aromatic carbocycles. The lowest BCUT2D eigenvalue weighted by atomic mass is 10.0. The number of hydrogen-bond donors (Lipinski definition) is 3. The highest BCUT2D eigenvalue weighted by atomic mass is 16.5. The van der Waals surface area contributed by atoms with Crippen LogP contribution in [0.1, 0.15) is 31.2 Å². The van der Waals surface area contributed by atoms with Gasteiger partial charge in [0.2, 0.25) is 0 Å². The molecule has 6 heteroatoms. The smallest absolute Gasteiger partial charge is 0.158 e. The standard InChI is InChI=1S/C15H21N5O/c1-10(2)11-5-4-6-12(7-11)17-13-8-14(20-16)19-15(18-13)9-21-3/h4-8,10H,9,16H2,1-3H3,(H2,17,18,19,20). The Bertz CT molecular complexity index is 600. The quantitative estimate of drug-likeness (QED) is 0.559. The van der Waals surface area contributed by atoms with E-state index in [4.69, 9.17) is 10.6 Å². The van der Waals surface area contributed by atoms with Gasteiger partial charge in [-0.15, -0.1) is 0 Å². The number of nitrogen functional groups attached to an aromatic ring is 1. The number of nitrogens with zero attached hydrogens (tertiary/aromatic N) is 2. The lowest BCUT2D eigenvalue weighted by molar-refractivity contribution is 0.178. The van der Waals surface area contributed by atoms with Gasteiger partial charge in [0, 0.05) is 18.9 Å². The van der Waals surface area contributed by atoms with Crippen molar-refractivity contribution in [3.8, 4) is 0 Å². The third kappa shape index (κ3) is 4.14. The van der Waals surface area contributed by atoms with Gasteiger partial charge in [0.1, 0.15) is 18.2 Å². The second-order valence-electron chi connectivity index (χ2n) is 5.04. The van der Waals surface area contributed by atoms with Gasteiger partial charge in [-0.1, -0.05) is 26.0 Å². The van der Waals surface area contributed by atoms with Crippen LogP contribution in [0.2, 0.25) is 0 Å². The molecular weight excluding hydrogens is 266 g/mol. The van der Waals surface area contributed by atoms with Crippen molar-refractivity contribution in [2.45, 2.75) is 26.4 Å². The molecule has 0 spiro atoms. The molecule has 21 heavy (non-hydrogen) atoms. The first-order valence-electron chi connectivity index (χ1n) is 6.83. The number of aromatic nitrogens is 2. The summed E-state index contributed by atoms with van der Waals surface area (Å²) in [6, 6.07) is 10.00. The highest BCUT2D eigenvalue weighted by Crippen LogP contribution is 2.22. The van der Waals surface area contributed by atoms with Gasteiger partial charge in [-0.2, -0.15) is 0 Å². The predicted molar refractivity (Wildman–Crippen MR) is 84.4 cm³/mol. The number of nitrogens with one attached hydrogen (secondary N) is 2. The normalized spacial score (nSPS) is 10.7. The van der Waals surface area contributed by atoms with Crippen molar-refractivity contribution in [1.82, 2.24) is 9.97 Å². The summed E-state index contributed by atoms with van der Waals surface area (Å²) in [4.78, 5) is 8.61. The predicted octanol–water partition coefficient (Wildman–Crippen LogP) is 2.78. The number of anilines is 3. The number of methoxy groups -OCH3 is 1. The summed E-state index contributed by atoms with van der Waals surface area (Å²) in [5, 5.41) is 3.27. The first-order valence-corrected chi connectivity index (χ1v) is 6.83. The lowest BCUT2D eigenvalue weighted by Crippen LogP contribution is -2.11. The van der Waals surface area contributed by atoms with Crippen LogP contribution in [0.15, 0.2) is 30.3 Å². The molecule has 0 atom stereocenters. The molecule has 0 saturated carbocycles. The summed E-state index contributed by atoms with van der Waals surface area (Å²) in [6.45, 7) is 4.66. The average Bonchev–Trinajstić information content (AvgIpc) is 2.47. The second kappa shape index (κ2) is 7.01. The van der Waals surface area contributed by atoms with Crippen LogP contribution in [0.3, 0.4) is 0 Å². The molecule has 0 aliphatic carbocycles. The zero-order valence-corrected chi connectivity index (χ0v) is 12.6. The summed E-state index contributed by atoms with van der Waals surface area (Å²) in [5.41, 5.74) is 4.78. The van der Waals surface area contributed by atoms with Crippen LogP contribution in [-0.2, 0) is 11.3 Å². The van der Waals surface area contributed by atoms with Crippen molar-refractivity contribution in [1.29, 1.82) is 0 Å². The monoisotopic (exact) mass is 287 g/mol. The van der Waals surface area contributed by atoms with E-state index in [0.717, 1.165) is 5.69 Å². The van der Waals surface area contributed by atoms with Gasteiger partial charge in [0.15, 0.2) is 5.82 Å². The van der Waals surface area contributed by atoms with Crippen LogP contribution in [0.4, 0.5) is 17.3 Å². The number of rotatable bonds is 6. The maximum absolute atomic E-state index is 5.43. The van der Waals surface area contributed by atoms with Crippen molar-refractivity contribution < 1.29 is 4.74 Å². The molecule has 0 aliphatic rings.